The number of carboxylic acids is 1. The number of carbonyl (C=O) groups is 2. The van der Waals surface area contributed by atoms with Crippen molar-refractivity contribution in [3.8, 4) is 0 Å². The van der Waals surface area contributed by atoms with Crippen LogP contribution in [0, 0.1) is 0 Å². The third-order valence-electron chi connectivity index (χ3n) is 0.894. The van der Waals surface area contributed by atoms with Gasteiger partial charge in [0.05, 0.1) is 6.61 Å². The number of aliphatic carboxylic acids is 1. The van der Waals surface area contributed by atoms with Crippen LogP contribution in [-0.4, -0.2) is 37.4 Å². The quantitative estimate of drug-likeness (QED) is 0.312. The maximum absolute atomic E-state index is 10.6. The van der Waals surface area contributed by atoms with Crippen LogP contribution in [0.25, 0.3) is 0 Å². The molecule has 1 N–H and O–H groups in total. The molecule has 0 spiro atoms. The average Bonchev–Trinajstić information content (AvgIpc) is 2.01. The summed E-state index contributed by atoms with van der Waals surface area (Å²) in [4.78, 5) is 20.5. The second-order valence-electron chi connectivity index (χ2n) is 1.83. The molecule has 0 saturated carbocycles. The van der Waals surface area contributed by atoms with Gasteiger partial charge >= 0.3 is 11.9 Å². The molecule has 0 aliphatic rings. The average molecular weight is 240 g/mol. The molecular weight excluding hydrogens is 229 g/mol. The van der Waals surface area contributed by atoms with E-state index >= 15 is 0 Å². The van der Waals surface area contributed by atoms with Gasteiger partial charge in [-0.15, -0.1) is 0 Å². The van der Waals surface area contributed by atoms with Crippen molar-refractivity contribution in [2.75, 3.05) is 20.3 Å². The minimum absolute atomic E-state index is 0. The summed E-state index contributed by atoms with van der Waals surface area (Å²) in [5.74, 6) is -1.87. The zero-order valence-corrected chi connectivity index (χ0v) is 10.3. The number of methoxy groups -OCH3 is 1. The summed E-state index contributed by atoms with van der Waals surface area (Å²) in [6.45, 7) is 0.423. The Balaban J connectivity index is 0. The first kappa shape index (κ1) is 14.8. The molecule has 6 heteroatoms. The minimum Gasteiger partial charge on any atom is -0.478 e. The van der Waals surface area contributed by atoms with Gasteiger partial charge in [0.25, 0.3) is 0 Å². The van der Waals surface area contributed by atoms with Gasteiger partial charge in [-0.3, -0.25) is 0 Å². The van der Waals surface area contributed by atoms with Crippen LogP contribution in [0.2, 0.25) is 0 Å². The summed E-state index contributed by atoms with van der Waals surface area (Å²) in [6, 6.07) is 0. The Hall–Kier alpha value is -0.737. The third kappa shape index (κ3) is 11.3. The first-order valence-corrected chi connectivity index (χ1v) is 3.23. The molecular formula is C7H10O5Zn. The van der Waals surface area contributed by atoms with E-state index in [1.54, 1.807) is 0 Å². The molecule has 70 valence electrons. The van der Waals surface area contributed by atoms with E-state index in [0.29, 0.717) is 6.61 Å². The van der Waals surface area contributed by atoms with Crippen molar-refractivity contribution >= 4 is 11.9 Å². The Morgan fingerprint density at radius 3 is 2.38 bits per heavy atom. The Morgan fingerprint density at radius 1 is 1.31 bits per heavy atom. The molecule has 0 aliphatic heterocycles. The fourth-order valence-electron chi connectivity index (χ4n) is 0.413. The second-order valence-corrected chi connectivity index (χ2v) is 1.83. The zero-order chi connectivity index (χ0) is 9.40. The van der Waals surface area contributed by atoms with Crippen molar-refractivity contribution in [3.05, 3.63) is 12.2 Å². The van der Waals surface area contributed by atoms with Crippen LogP contribution in [0.4, 0.5) is 0 Å². The van der Waals surface area contributed by atoms with Crippen molar-refractivity contribution < 1.29 is 43.6 Å². The molecule has 0 aliphatic carbocycles. The van der Waals surface area contributed by atoms with Crippen molar-refractivity contribution in [2.45, 2.75) is 0 Å². The predicted molar refractivity (Wildman–Crippen MR) is 39.6 cm³/mol. The summed E-state index contributed by atoms with van der Waals surface area (Å²) in [6.07, 6.45) is 1.56. The van der Waals surface area contributed by atoms with Gasteiger partial charge in [-0.1, -0.05) is 0 Å². The van der Waals surface area contributed by atoms with E-state index in [2.05, 4.69) is 9.47 Å². The smallest absolute Gasteiger partial charge is 0.331 e. The van der Waals surface area contributed by atoms with Crippen LogP contribution in [0.15, 0.2) is 12.2 Å². The van der Waals surface area contributed by atoms with Gasteiger partial charge in [-0.2, -0.15) is 0 Å². The third-order valence-corrected chi connectivity index (χ3v) is 0.894. The van der Waals surface area contributed by atoms with Gasteiger partial charge in [0.2, 0.25) is 0 Å². The number of rotatable bonds is 5. The van der Waals surface area contributed by atoms with Gasteiger partial charge in [0.15, 0.2) is 0 Å². The molecule has 0 aromatic rings. The van der Waals surface area contributed by atoms with E-state index in [1.807, 2.05) is 0 Å². The number of carbonyl (C=O) groups excluding carboxylic acids is 1. The summed E-state index contributed by atoms with van der Waals surface area (Å²) in [5, 5.41) is 8.11. The van der Waals surface area contributed by atoms with Crippen LogP contribution >= 0.6 is 0 Å². The monoisotopic (exact) mass is 238 g/mol. The van der Waals surface area contributed by atoms with Crippen LogP contribution in [-0.2, 0) is 38.5 Å². The molecule has 0 unspecified atom stereocenters. The van der Waals surface area contributed by atoms with E-state index in [9.17, 15) is 9.59 Å². The Kier molecular flexibility index (Phi) is 10.6. The Bertz CT molecular complexity index is 189. The number of hydrogen-bond acceptors (Lipinski definition) is 4. The molecule has 13 heavy (non-hydrogen) atoms. The minimum atomic E-state index is -1.18. The van der Waals surface area contributed by atoms with Crippen LogP contribution < -0.4 is 0 Å². The molecule has 0 saturated heterocycles. The SMILES string of the molecule is COCCOC(=O)C=CC(=O)O.[Zn]. The number of carboxylic acid groups (broad SMARTS) is 1. The summed E-state index contributed by atoms with van der Waals surface area (Å²) >= 11 is 0. The molecule has 0 radical (unpaired) electrons. The van der Waals surface area contributed by atoms with E-state index in [-0.39, 0.29) is 26.1 Å². The fraction of sp³-hybridized carbons (Fsp3) is 0.429. The van der Waals surface area contributed by atoms with E-state index < -0.39 is 11.9 Å². The topological polar surface area (TPSA) is 72.8 Å². The molecule has 0 fully saturated rings. The molecule has 0 rings (SSSR count). The molecule has 0 heterocycles. The van der Waals surface area contributed by atoms with Crippen molar-refractivity contribution in [3.63, 3.8) is 0 Å². The molecule has 0 atom stereocenters. The van der Waals surface area contributed by atoms with Gasteiger partial charge < -0.3 is 14.6 Å². The Morgan fingerprint density at radius 2 is 1.92 bits per heavy atom. The molecule has 0 aromatic heterocycles. The fourth-order valence-corrected chi connectivity index (χ4v) is 0.413. The van der Waals surface area contributed by atoms with Gasteiger partial charge in [-0.05, 0) is 0 Å². The Labute approximate surface area is 88.5 Å². The van der Waals surface area contributed by atoms with Crippen molar-refractivity contribution in [2.24, 2.45) is 0 Å². The summed E-state index contributed by atoms with van der Waals surface area (Å²) < 4.78 is 9.12. The number of esters is 1. The van der Waals surface area contributed by atoms with Gasteiger partial charge in [0, 0.05) is 38.7 Å². The molecule has 5 nitrogen and oxygen atoms in total. The van der Waals surface area contributed by atoms with Crippen LogP contribution in [0.5, 0.6) is 0 Å². The largest absolute Gasteiger partial charge is 0.478 e. The first-order chi connectivity index (χ1) is 5.66. The van der Waals surface area contributed by atoms with Crippen LogP contribution in [0.1, 0.15) is 0 Å². The van der Waals surface area contributed by atoms with E-state index in [1.165, 1.54) is 7.11 Å². The molecule has 0 aromatic carbocycles. The van der Waals surface area contributed by atoms with Gasteiger partial charge in [0.1, 0.15) is 6.61 Å². The molecule has 0 bridgehead atoms. The maximum Gasteiger partial charge on any atom is 0.331 e. The van der Waals surface area contributed by atoms with Crippen LogP contribution in [0.3, 0.4) is 0 Å². The van der Waals surface area contributed by atoms with Gasteiger partial charge in [-0.25, -0.2) is 9.59 Å². The summed E-state index contributed by atoms with van der Waals surface area (Å²) in [7, 11) is 1.47. The van der Waals surface area contributed by atoms with Crippen molar-refractivity contribution in [1.82, 2.24) is 0 Å². The number of hydrogen-bond donors (Lipinski definition) is 1. The second kappa shape index (κ2) is 9.35. The maximum atomic E-state index is 10.6. The van der Waals surface area contributed by atoms with E-state index in [0.717, 1.165) is 12.2 Å². The standard InChI is InChI=1S/C7H10O5.Zn/c1-11-4-5-12-7(10)3-2-6(8)9;/h2-3H,4-5H2,1H3,(H,8,9);. The van der Waals surface area contributed by atoms with Crippen molar-refractivity contribution in [1.29, 1.82) is 0 Å². The summed E-state index contributed by atoms with van der Waals surface area (Å²) in [5.41, 5.74) is 0. The van der Waals surface area contributed by atoms with E-state index in [4.69, 9.17) is 5.11 Å². The zero-order valence-electron chi connectivity index (χ0n) is 7.36. The predicted octanol–water partition coefficient (Wildman–Crippen LogP) is -0.186. The number of ether oxygens (including phenoxy) is 2. The first-order valence-electron chi connectivity index (χ1n) is 3.23. The normalized spacial score (nSPS) is 9.31. The molecule has 0 amide bonds.